The maximum atomic E-state index is 14.5. The molecule has 9 heteroatoms. The second-order valence-electron chi connectivity index (χ2n) is 6.68. The van der Waals surface area contributed by atoms with Crippen LogP contribution in [0.4, 0.5) is 20.2 Å². The van der Waals surface area contributed by atoms with E-state index < -0.39 is 23.4 Å². The molecule has 0 fully saturated rings. The summed E-state index contributed by atoms with van der Waals surface area (Å²) in [5.74, 6) is -1.56. The number of nitrogens with one attached hydrogen (secondary N) is 1. The van der Waals surface area contributed by atoms with Crippen molar-refractivity contribution < 1.29 is 13.9 Å². The normalized spacial score (nSPS) is 17.2. The molecule has 1 aromatic heterocycles. The van der Waals surface area contributed by atoms with Crippen LogP contribution in [0.15, 0.2) is 49.1 Å². The number of halogens is 2. The molecule has 1 aliphatic rings. The average Bonchev–Trinajstić information content (AvgIpc) is 3.24. The van der Waals surface area contributed by atoms with Crippen molar-refractivity contribution in [3.63, 3.8) is 0 Å². The van der Waals surface area contributed by atoms with Crippen LogP contribution in [0.3, 0.4) is 0 Å². The first-order valence-electron chi connectivity index (χ1n) is 8.30. The Kier molecular flexibility index (Phi) is 4.05. The highest BCUT2D eigenvalue weighted by Crippen LogP contribution is 2.40. The Labute approximate surface area is 154 Å². The maximum Gasteiger partial charge on any atom is 0.155 e. The number of aliphatic hydroxyl groups is 1. The number of hydrazine groups is 1. The summed E-state index contributed by atoms with van der Waals surface area (Å²) in [6.45, 7) is 1.85. The van der Waals surface area contributed by atoms with Crippen LogP contribution >= 0.6 is 0 Å². The maximum absolute atomic E-state index is 14.5. The molecule has 27 heavy (non-hydrogen) atoms. The molecule has 4 N–H and O–H groups in total. The van der Waals surface area contributed by atoms with Crippen molar-refractivity contribution in [2.75, 3.05) is 11.2 Å². The van der Waals surface area contributed by atoms with Gasteiger partial charge in [-0.25, -0.2) is 18.4 Å². The zero-order chi connectivity index (χ0) is 19.2. The molecule has 0 amide bonds. The highest BCUT2D eigenvalue weighted by Gasteiger charge is 2.43. The van der Waals surface area contributed by atoms with Gasteiger partial charge >= 0.3 is 0 Å². The molecule has 1 aliphatic heterocycles. The van der Waals surface area contributed by atoms with Crippen LogP contribution in [0.5, 0.6) is 0 Å². The molecule has 4 rings (SSSR count). The van der Waals surface area contributed by atoms with Crippen molar-refractivity contribution in [1.29, 1.82) is 0 Å². The fraction of sp³-hybridized carbons (Fsp3) is 0.222. The van der Waals surface area contributed by atoms with Gasteiger partial charge in [0.15, 0.2) is 6.17 Å². The third-order valence-corrected chi connectivity index (χ3v) is 4.70. The molecule has 2 aromatic carbocycles. The number of nitrogen functional groups attached to an aromatic ring is 1. The van der Waals surface area contributed by atoms with Gasteiger partial charge in [0, 0.05) is 23.9 Å². The SMILES string of the molecule is CC(O)(c1ccc(F)cc1F)C(N1Cc2cc(N)ccc2N1)n1cncn1. The summed E-state index contributed by atoms with van der Waals surface area (Å²) in [5.41, 5.74) is 9.59. The Morgan fingerprint density at radius 1 is 1.26 bits per heavy atom. The number of hydrogen-bond acceptors (Lipinski definition) is 6. The van der Waals surface area contributed by atoms with Crippen LogP contribution in [0.1, 0.15) is 24.2 Å². The van der Waals surface area contributed by atoms with Crippen LogP contribution < -0.4 is 11.2 Å². The van der Waals surface area contributed by atoms with Crippen molar-refractivity contribution in [3.8, 4) is 0 Å². The minimum absolute atomic E-state index is 0.0540. The minimum Gasteiger partial charge on any atom is -0.399 e. The quantitative estimate of drug-likeness (QED) is 0.609. The van der Waals surface area contributed by atoms with Crippen molar-refractivity contribution >= 4 is 11.4 Å². The van der Waals surface area contributed by atoms with E-state index in [1.807, 2.05) is 12.1 Å². The summed E-state index contributed by atoms with van der Waals surface area (Å²) in [6, 6.07) is 8.50. The summed E-state index contributed by atoms with van der Waals surface area (Å²) in [6.07, 6.45) is 1.89. The highest BCUT2D eigenvalue weighted by molar-refractivity contribution is 5.60. The number of hydrogen-bond donors (Lipinski definition) is 3. The number of nitrogens with zero attached hydrogens (tertiary/aromatic N) is 4. The van der Waals surface area contributed by atoms with Crippen LogP contribution in [0.2, 0.25) is 0 Å². The second-order valence-corrected chi connectivity index (χ2v) is 6.68. The van der Waals surface area contributed by atoms with Crippen molar-refractivity contribution in [1.82, 2.24) is 19.8 Å². The molecule has 0 saturated heterocycles. The third-order valence-electron chi connectivity index (χ3n) is 4.70. The molecular formula is C18H18F2N6O. The standard InChI is InChI=1S/C18H18F2N6O/c1-18(27,14-4-2-12(19)7-15(14)20)17(26-10-22-9-23-26)25-8-11-6-13(21)3-5-16(11)24-25/h2-7,9-10,17,24,27H,8,21H2,1H3. The first kappa shape index (κ1) is 17.4. The predicted molar refractivity (Wildman–Crippen MR) is 95.0 cm³/mol. The molecule has 7 nitrogen and oxygen atoms in total. The molecule has 2 heterocycles. The van der Waals surface area contributed by atoms with E-state index in [9.17, 15) is 13.9 Å². The number of aromatic nitrogens is 3. The Bertz CT molecular complexity index is 976. The molecule has 140 valence electrons. The summed E-state index contributed by atoms with van der Waals surface area (Å²) < 4.78 is 29.2. The Morgan fingerprint density at radius 3 is 2.78 bits per heavy atom. The summed E-state index contributed by atoms with van der Waals surface area (Å²) >= 11 is 0. The van der Waals surface area contributed by atoms with E-state index in [2.05, 4.69) is 15.5 Å². The van der Waals surface area contributed by atoms with Gasteiger partial charge < -0.3 is 16.3 Å². The fourth-order valence-electron chi connectivity index (χ4n) is 3.47. The fourth-order valence-corrected chi connectivity index (χ4v) is 3.47. The van der Waals surface area contributed by atoms with Gasteiger partial charge in [-0.1, -0.05) is 6.07 Å². The van der Waals surface area contributed by atoms with E-state index in [-0.39, 0.29) is 5.56 Å². The summed E-state index contributed by atoms with van der Waals surface area (Å²) in [7, 11) is 0. The van der Waals surface area contributed by atoms with E-state index >= 15 is 0 Å². The van der Waals surface area contributed by atoms with Crippen LogP contribution in [-0.2, 0) is 12.1 Å². The lowest BCUT2D eigenvalue weighted by atomic mass is 9.91. The second kappa shape index (κ2) is 6.29. The zero-order valence-electron chi connectivity index (χ0n) is 14.5. The minimum atomic E-state index is -1.76. The van der Waals surface area contributed by atoms with E-state index in [4.69, 9.17) is 5.73 Å². The van der Waals surface area contributed by atoms with Gasteiger partial charge in [-0.3, -0.25) is 0 Å². The largest absolute Gasteiger partial charge is 0.399 e. The molecule has 2 unspecified atom stereocenters. The average molecular weight is 372 g/mol. The Hall–Kier alpha value is -3.04. The van der Waals surface area contributed by atoms with Gasteiger partial charge in [-0.05, 0) is 36.8 Å². The van der Waals surface area contributed by atoms with Gasteiger partial charge in [0.2, 0.25) is 0 Å². The predicted octanol–water partition coefficient (Wildman–Crippen LogP) is 2.39. The Balaban J connectivity index is 1.77. The number of nitrogens with two attached hydrogens (primary N) is 1. The third kappa shape index (κ3) is 3.00. The molecule has 0 spiro atoms. The molecule has 0 saturated carbocycles. The van der Waals surface area contributed by atoms with Crippen LogP contribution in [-0.4, -0.2) is 24.9 Å². The monoisotopic (exact) mass is 372 g/mol. The molecule has 3 aromatic rings. The Morgan fingerprint density at radius 2 is 2.07 bits per heavy atom. The van der Waals surface area contributed by atoms with Gasteiger partial charge in [0.1, 0.15) is 29.9 Å². The molecule has 0 radical (unpaired) electrons. The van der Waals surface area contributed by atoms with E-state index in [1.165, 1.54) is 30.3 Å². The van der Waals surface area contributed by atoms with Crippen molar-refractivity contribution in [3.05, 3.63) is 71.8 Å². The first-order chi connectivity index (χ1) is 12.9. The van der Waals surface area contributed by atoms with Crippen molar-refractivity contribution in [2.45, 2.75) is 25.2 Å². The topological polar surface area (TPSA) is 92.2 Å². The lowest BCUT2D eigenvalue weighted by Crippen LogP contribution is -2.46. The number of anilines is 2. The van der Waals surface area contributed by atoms with Crippen molar-refractivity contribution in [2.24, 2.45) is 0 Å². The smallest absolute Gasteiger partial charge is 0.155 e. The number of benzene rings is 2. The van der Waals surface area contributed by atoms with E-state index in [0.29, 0.717) is 12.2 Å². The van der Waals surface area contributed by atoms with E-state index in [1.54, 1.807) is 11.1 Å². The molecule has 0 aliphatic carbocycles. The van der Waals surface area contributed by atoms with Gasteiger partial charge in [0.05, 0.1) is 5.69 Å². The van der Waals surface area contributed by atoms with Gasteiger partial charge in [-0.15, -0.1) is 0 Å². The summed E-state index contributed by atoms with van der Waals surface area (Å²) in [4.78, 5) is 3.93. The molecule has 2 atom stereocenters. The highest BCUT2D eigenvalue weighted by atomic mass is 19.1. The van der Waals surface area contributed by atoms with E-state index in [0.717, 1.165) is 23.4 Å². The van der Waals surface area contributed by atoms with Crippen LogP contribution in [0.25, 0.3) is 0 Å². The molecule has 0 bridgehead atoms. The number of rotatable bonds is 4. The lowest BCUT2D eigenvalue weighted by molar-refractivity contribution is -0.0746. The van der Waals surface area contributed by atoms with Gasteiger partial charge in [-0.2, -0.15) is 10.1 Å². The molecular weight excluding hydrogens is 354 g/mol. The zero-order valence-corrected chi connectivity index (χ0v) is 14.5. The first-order valence-corrected chi connectivity index (χ1v) is 8.30. The van der Waals surface area contributed by atoms with Gasteiger partial charge in [0.25, 0.3) is 0 Å². The summed E-state index contributed by atoms with van der Waals surface area (Å²) in [5, 5.41) is 17.2. The van der Waals surface area contributed by atoms with Crippen LogP contribution in [0, 0.1) is 11.6 Å². The number of fused-ring (bicyclic) bond motifs is 1. The lowest BCUT2D eigenvalue weighted by Gasteiger charge is -2.38.